The van der Waals surface area contributed by atoms with E-state index in [9.17, 15) is 14.4 Å². The summed E-state index contributed by atoms with van der Waals surface area (Å²) >= 11 is 2.73. The zero-order valence-corrected chi connectivity index (χ0v) is 15.1. The molecule has 0 atom stereocenters. The Hall–Kier alpha value is -1.87. The van der Waals surface area contributed by atoms with Crippen molar-refractivity contribution in [3.8, 4) is 0 Å². The van der Waals surface area contributed by atoms with E-state index in [1.807, 2.05) is 13.8 Å². The van der Waals surface area contributed by atoms with E-state index >= 15 is 0 Å². The Morgan fingerprint density at radius 3 is 2.83 bits per heavy atom. The lowest BCUT2D eigenvalue weighted by Crippen LogP contribution is -2.26. The number of hydrogen-bond donors (Lipinski definition) is 3. The summed E-state index contributed by atoms with van der Waals surface area (Å²) in [5.74, 6) is 0.0696. The van der Waals surface area contributed by atoms with E-state index in [0.29, 0.717) is 34.8 Å². The normalized spacial score (nSPS) is 10.9. The second-order valence-electron chi connectivity index (χ2n) is 5.27. The highest BCUT2D eigenvalue weighted by Gasteiger charge is 2.12. The van der Waals surface area contributed by atoms with Crippen LogP contribution in [0.3, 0.4) is 0 Å². The number of fused-ring (bicyclic) bond motifs is 1. The Labute approximate surface area is 146 Å². The molecule has 2 aromatic rings. The average Bonchev–Trinajstić information content (AvgIpc) is 2.79. The maximum Gasteiger partial charge on any atom is 0.313 e. The summed E-state index contributed by atoms with van der Waals surface area (Å²) in [4.78, 5) is 43.2. The standard InChI is InChI=1S/C15H19N3O4S2/c1-8-9(2)24-15-13(8)14(22)17-10(18-15)3-4-11(19)16-5-6-23-7-12(20)21/h3-7H2,1-2H3,(H,16,19)(H,20,21)(H,17,18,22). The Bertz CT molecular complexity index is 813. The highest BCUT2D eigenvalue weighted by molar-refractivity contribution is 7.99. The van der Waals surface area contributed by atoms with Gasteiger partial charge in [0.2, 0.25) is 5.91 Å². The number of rotatable bonds is 8. The van der Waals surface area contributed by atoms with Gasteiger partial charge in [0.05, 0.1) is 11.1 Å². The highest BCUT2D eigenvalue weighted by Crippen LogP contribution is 2.25. The lowest BCUT2D eigenvalue weighted by Gasteiger charge is -2.04. The molecule has 0 aliphatic carbocycles. The number of carbonyl (C=O) groups excluding carboxylic acids is 1. The first-order valence-electron chi connectivity index (χ1n) is 7.43. The fourth-order valence-corrected chi connectivity index (χ4v) is 3.77. The van der Waals surface area contributed by atoms with E-state index in [4.69, 9.17) is 5.11 Å². The fraction of sp³-hybridized carbons (Fsp3) is 0.467. The van der Waals surface area contributed by atoms with E-state index in [2.05, 4.69) is 15.3 Å². The van der Waals surface area contributed by atoms with E-state index in [1.165, 1.54) is 23.1 Å². The van der Waals surface area contributed by atoms with Crippen molar-refractivity contribution < 1.29 is 14.7 Å². The lowest BCUT2D eigenvalue weighted by molar-refractivity contribution is -0.133. The summed E-state index contributed by atoms with van der Waals surface area (Å²) in [5, 5.41) is 11.9. The molecular formula is C15H19N3O4S2. The molecule has 0 saturated heterocycles. The van der Waals surface area contributed by atoms with Crippen LogP contribution in [0.25, 0.3) is 10.2 Å². The fourth-order valence-electron chi connectivity index (χ4n) is 2.16. The minimum atomic E-state index is -0.865. The number of carboxylic acids is 1. The average molecular weight is 369 g/mol. The van der Waals surface area contributed by atoms with Crippen LogP contribution in [-0.2, 0) is 16.0 Å². The summed E-state index contributed by atoms with van der Waals surface area (Å²) < 4.78 is 0. The van der Waals surface area contributed by atoms with E-state index in [-0.39, 0.29) is 23.6 Å². The van der Waals surface area contributed by atoms with Crippen LogP contribution in [0, 0.1) is 13.8 Å². The first-order chi connectivity index (χ1) is 11.4. The number of hydrogen-bond acceptors (Lipinski definition) is 6. The van der Waals surface area contributed by atoms with Crippen molar-refractivity contribution in [1.82, 2.24) is 15.3 Å². The minimum Gasteiger partial charge on any atom is -0.481 e. The first kappa shape index (κ1) is 18.5. The number of thioether (sulfide) groups is 1. The Morgan fingerprint density at radius 2 is 2.12 bits per heavy atom. The van der Waals surface area contributed by atoms with E-state index in [0.717, 1.165) is 10.4 Å². The summed E-state index contributed by atoms with van der Waals surface area (Å²) in [7, 11) is 0. The Balaban J connectivity index is 1.86. The minimum absolute atomic E-state index is 0.0285. The van der Waals surface area contributed by atoms with Crippen molar-refractivity contribution in [2.45, 2.75) is 26.7 Å². The van der Waals surface area contributed by atoms with Crippen LogP contribution in [0.2, 0.25) is 0 Å². The number of aliphatic carboxylic acids is 1. The molecule has 24 heavy (non-hydrogen) atoms. The van der Waals surface area contributed by atoms with Crippen molar-refractivity contribution in [2.24, 2.45) is 0 Å². The molecule has 0 bridgehead atoms. The SMILES string of the molecule is Cc1sc2nc(CCC(=O)NCCSCC(=O)O)[nH]c(=O)c2c1C. The van der Waals surface area contributed by atoms with Gasteiger partial charge < -0.3 is 15.4 Å². The van der Waals surface area contributed by atoms with Crippen LogP contribution >= 0.6 is 23.1 Å². The number of thiophene rings is 1. The Morgan fingerprint density at radius 1 is 1.38 bits per heavy atom. The summed E-state index contributed by atoms with van der Waals surface area (Å²) in [6, 6.07) is 0. The number of H-pyrrole nitrogens is 1. The van der Waals surface area contributed by atoms with Gasteiger partial charge in [-0.3, -0.25) is 14.4 Å². The molecule has 1 amide bonds. The molecule has 2 rings (SSSR count). The van der Waals surface area contributed by atoms with Crippen molar-refractivity contribution in [3.05, 3.63) is 26.6 Å². The van der Waals surface area contributed by atoms with Crippen LogP contribution in [0.1, 0.15) is 22.7 Å². The van der Waals surface area contributed by atoms with Gasteiger partial charge in [0, 0.05) is 30.0 Å². The molecule has 0 radical (unpaired) electrons. The van der Waals surface area contributed by atoms with Crippen LogP contribution in [0.4, 0.5) is 0 Å². The molecule has 0 aromatic carbocycles. The smallest absolute Gasteiger partial charge is 0.313 e. The number of nitrogens with zero attached hydrogens (tertiary/aromatic N) is 1. The Kier molecular flexibility index (Phi) is 6.38. The topological polar surface area (TPSA) is 112 Å². The molecule has 2 aromatic heterocycles. The van der Waals surface area contributed by atoms with Crippen LogP contribution in [-0.4, -0.2) is 45.0 Å². The third kappa shape index (κ3) is 4.81. The van der Waals surface area contributed by atoms with Gasteiger partial charge in [-0.2, -0.15) is 0 Å². The van der Waals surface area contributed by atoms with Crippen molar-refractivity contribution in [3.63, 3.8) is 0 Å². The summed E-state index contributed by atoms with van der Waals surface area (Å²) in [6.07, 6.45) is 0.580. The number of carboxylic acid groups (broad SMARTS) is 1. The van der Waals surface area contributed by atoms with Crippen molar-refractivity contribution in [2.75, 3.05) is 18.1 Å². The van der Waals surface area contributed by atoms with Gasteiger partial charge in [0.25, 0.3) is 5.56 Å². The van der Waals surface area contributed by atoms with Gasteiger partial charge in [-0.25, -0.2) is 4.98 Å². The molecular weight excluding hydrogens is 350 g/mol. The molecule has 7 nitrogen and oxygen atoms in total. The molecule has 9 heteroatoms. The molecule has 0 fully saturated rings. The van der Waals surface area contributed by atoms with Gasteiger partial charge in [0.1, 0.15) is 10.7 Å². The molecule has 130 valence electrons. The molecule has 0 aliphatic rings. The van der Waals surface area contributed by atoms with Crippen LogP contribution in [0.5, 0.6) is 0 Å². The molecule has 3 N–H and O–H groups in total. The van der Waals surface area contributed by atoms with Crippen molar-refractivity contribution >= 4 is 45.2 Å². The van der Waals surface area contributed by atoms with Gasteiger partial charge in [0.15, 0.2) is 0 Å². The predicted molar refractivity (Wildman–Crippen MR) is 96.0 cm³/mol. The molecule has 0 spiro atoms. The number of aryl methyl sites for hydroxylation is 3. The molecule has 2 heterocycles. The third-order valence-corrected chi connectivity index (χ3v) is 5.52. The molecule has 0 unspecified atom stereocenters. The summed E-state index contributed by atoms with van der Waals surface area (Å²) in [6.45, 7) is 4.28. The second-order valence-corrected chi connectivity index (χ2v) is 7.58. The third-order valence-electron chi connectivity index (χ3n) is 3.47. The number of carbonyl (C=O) groups is 2. The van der Waals surface area contributed by atoms with E-state index < -0.39 is 5.97 Å². The van der Waals surface area contributed by atoms with Gasteiger partial charge >= 0.3 is 5.97 Å². The zero-order chi connectivity index (χ0) is 17.7. The second kappa shape index (κ2) is 8.29. The lowest BCUT2D eigenvalue weighted by atomic mass is 10.2. The predicted octanol–water partition coefficient (Wildman–Crippen LogP) is 1.47. The first-order valence-corrected chi connectivity index (χ1v) is 9.40. The number of nitrogens with one attached hydrogen (secondary N) is 2. The molecule has 0 aliphatic heterocycles. The maximum atomic E-state index is 12.1. The monoisotopic (exact) mass is 369 g/mol. The van der Waals surface area contributed by atoms with Gasteiger partial charge in [-0.15, -0.1) is 23.1 Å². The highest BCUT2D eigenvalue weighted by atomic mass is 32.2. The van der Waals surface area contributed by atoms with Crippen LogP contribution in [0.15, 0.2) is 4.79 Å². The van der Waals surface area contributed by atoms with Gasteiger partial charge in [-0.1, -0.05) is 0 Å². The maximum absolute atomic E-state index is 12.1. The van der Waals surface area contributed by atoms with Crippen molar-refractivity contribution in [1.29, 1.82) is 0 Å². The molecule has 0 saturated carbocycles. The largest absolute Gasteiger partial charge is 0.481 e. The quantitative estimate of drug-likeness (QED) is 0.608. The number of aromatic nitrogens is 2. The van der Waals surface area contributed by atoms with Gasteiger partial charge in [-0.05, 0) is 19.4 Å². The number of aromatic amines is 1. The zero-order valence-electron chi connectivity index (χ0n) is 13.5. The van der Waals surface area contributed by atoms with E-state index in [1.54, 1.807) is 0 Å². The summed E-state index contributed by atoms with van der Waals surface area (Å²) in [5.41, 5.74) is 0.786. The van der Waals surface area contributed by atoms with Crippen LogP contribution < -0.4 is 10.9 Å². The number of amides is 1.